The van der Waals surface area contributed by atoms with E-state index >= 15 is 0 Å². The number of rotatable bonds is 0. The molecule has 14 heavy (non-hydrogen) atoms. The number of amides is 1. The fourth-order valence-electron chi connectivity index (χ4n) is 2.04. The van der Waals surface area contributed by atoms with Crippen molar-refractivity contribution < 1.29 is 9.53 Å². The second-order valence-electron chi connectivity index (χ2n) is 5.08. The third-order valence-electron chi connectivity index (χ3n) is 2.61. The predicted molar refractivity (Wildman–Crippen MR) is 54.0 cm³/mol. The van der Waals surface area contributed by atoms with Gasteiger partial charge in [0.25, 0.3) is 0 Å². The van der Waals surface area contributed by atoms with E-state index in [9.17, 15) is 4.79 Å². The number of carbonyl (C=O) groups excluding carboxylic acids is 1. The zero-order valence-corrected chi connectivity index (χ0v) is 8.99. The Morgan fingerprint density at radius 1 is 1.43 bits per heavy atom. The molecule has 0 N–H and O–H groups in total. The summed E-state index contributed by atoms with van der Waals surface area (Å²) in [6.07, 6.45) is 5.22. The SMILES string of the molecule is CC(C)(C)OC(=O)N1C[C@@H]2C=C[C@@H]1C2. The first-order chi connectivity index (χ1) is 6.46. The Labute approximate surface area is 84.7 Å². The van der Waals surface area contributed by atoms with Gasteiger partial charge in [-0.2, -0.15) is 0 Å². The van der Waals surface area contributed by atoms with Gasteiger partial charge in [0.05, 0.1) is 6.04 Å². The molecule has 0 aromatic carbocycles. The van der Waals surface area contributed by atoms with Gasteiger partial charge < -0.3 is 9.64 Å². The van der Waals surface area contributed by atoms with Crippen LogP contribution in [0.1, 0.15) is 27.2 Å². The van der Waals surface area contributed by atoms with Crippen molar-refractivity contribution in [2.45, 2.75) is 38.8 Å². The van der Waals surface area contributed by atoms with Gasteiger partial charge in [-0.3, -0.25) is 0 Å². The normalized spacial score (nSPS) is 29.8. The molecule has 2 rings (SSSR count). The third kappa shape index (κ3) is 1.76. The number of ether oxygens (including phenoxy) is 1. The summed E-state index contributed by atoms with van der Waals surface area (Å²) in [5.41, 5.74) is -0.386. The first-order valence-electron chi connectivity index (χ1n) is 5.14. The van der Waals surface area contributed by atoms with Crippen molar-refractivity contribution in [2.75, 3.05) is 6.54 Å². The molecule has 2 aliphatic rings. The lowest BCUT2D eigenvalue weighted by atomic mass is 10.2. The molecule has 1 heterocycles. The fraction of sp³-hybridized carbons (Fsp3) is 0.727. The summed E-state index contributed by atoms with van der Waals surface area (Å²) < 4.78 is 5.33. The summed E-state index contributed by atoms with van der Waals surface area (Å²) in [6, 6.07) is 0.287. The van der Waals surface area contributed by atoms with Crippen LogP contribution in [0.5, 0.6) is 0 Å². The Morgan fingerprint density at radius 2 is 2.14 bits per heavy atom. The van der Waals surface area contributed by atoms with Crippen molar-refractivity contribution in [1.82, 2.24) is 4.90 Å². The Morgan fingerprint density at radius 3 is 2.57 bits per heavy atom. The maximum Gasteiger partial charge on any atom is 0.410 e. The van der Waals surface area contributed by atoms with Gasteiger partial charge in [0.1, 0.15) is 5.60 Å². The molecule has 3 nitrogen and oxygen atoms in total. The lowest BCUT2D eigenvalue weighted by Gasteiger charge is -2.28. The van der Waals surface area contributed by atoms with Crippen molar-refractivity contribution in [3.63, 3.8) is 0 Å². The van der Waals surface area contributed by atoms with E-state index in [1.807, 2.05) is 25.7 Å². The summed E-state index contributed by atoms with van der Waals surface area (Å²) in [6.45, 7) is 6.52. The predicted octanol–water partition coefficient (Wildman–Crippen LogP) is 2.18. The molecule has 0 aromatic heterocycles. The van der Waals surface area contributed by atoms with Gasteiger partial charge in [-0.1, -0.05) is 12.2 Å². The standard InChI is InChI=1S/C11H17NO2/c1-11(2,3)14-10(13)12-7-8-4-5-9(12)6-8/h4-5,8-9H,6-7H2,1-3H3/t8-,9-/m1/s1. The molecule has 2 atom stereocenters. The van der Waals surface area contributed by atoms with Crippen molar-refractivity contribution in [2.24, 2.45) is 5.92 Å². The minimum atomic E-state index is -0.386. The van der Waals surface area contributed by atoms with Crippen LogP contribution in [0.3, 0.4) is 0 Å². The smallest absolute Gasteiger partial charge is 0.410 e. The van der Waals surface area contributed by atoms with Crippen molar-refractivity contribution in [3.05, 3.63) is 12.2 Å². The summed E-state index contributed by atoms with van der Waals surface area (Å²) in [5.74, 6) is 0.563. The van der Waals surface area contributed by atoms with Gasteiger partial charge in [0.15, 0.2) is 0 Å². The highest BCUT2D eigenvalue weighted by atomic mass is 16.6. The minimum absolute atomic E-state index is 0.172. The fourth-order valence-corrected chi connectivity index (χ4v) is 2.04. The number of fused-ring (bicyclic) bond motifs is 2. The molecule has 2 bridgehead atoms. The van der Waals surface area contributed by atoms with E-state index in [0.717, 1.165) is 13.0 Å². The molecule has 1 aliphatic carbocycles. The monoisotopic (exact) mass is 195 g/mol. The van der Waals surface area contributed by atoms with Crippen LogP contribution in [-0.2, 0) is 4.74 Å². The maximum absolute atomic E-state index is 11.7. The molecular weight excluding hydrogens is 178 g/mol. The highest BCUT2D eigenvalue weighted by Gasteiger charge is 2.38. The second kappa shape index (κ2) is 3.01. The number of carbonyl (C=O) groups is 1. The summed E-state index contributed by atoms with van der Waals surface area (Å²) in [7, 11) is 0. The van der Waals surface area contributed by atoms with Crippen LogP contribution in [-0.4, -0.2) is 29.2 Å². The number of hydrogen-bond acceptors (Lipinski definition) is 2. The number of hydrogen-bond donors (Lipinski definition) is 0. The Hall–Kier alpha value is -0.990. The molecule has 1 saturated heterocycles. The van der Waals surface area contributed by atoms with E-state index in [1.165, 1.54) is 0 Å². The topological polar surface area (TPSA) is 29.5 Å². The lowest BCUT2D eigenvalue weighted by Crippen LogP contribution is -2.40. The average Bonchev–Trinajstić information content (AvgIpc) is 2.59. The average molecular weight is 195 g/mol. The number of nitrogens with zero attached hydrogens (tertiary/aromatic N) is 1. The molecule has 0 unspecified atom stereocenters. The lowest BCUT2D eigenvalue weighted by molar-refractivity contribution is 0.0247. The zero-order valence-electron chi connectivity index (χ0n) is 8.99. The number of likely N-dealkylation sites (tertiary alicyclic amines) is 1. The summed E-state index contributed by atoms with van der Waals surface area (Å²) >= 11 is 0. The van der Waals surface area contributed by atoms with E-state index in [-0.39, 0.29) is 17.7 Å². The molecule has 1 amide bonds. The van der Waals surface area contributed by atoms with Gasteiger partial charge in [0, 0.05) is 6.54 Å². The molecule has 1 fully saturated rings. The van der Waals surface area contributed by atoms with Gasteiger partial charge in [-0.15, -0.1) is 0 Å². The first-order valence-corrected chi connectivity index (χ1v) is 5.14. The molecule has 0 radical (unpaired) electrons. The molecule has 0 spiro atoms. The van der Waals surface area contributed by atoms with Crippen LogP contribution in [0.25, 0.3) is 0 Å². The molecule has 3 heteroatoms. The van der Waals surface area contributed by atoms with Crippen molar-refractivity contribution >= 4 is 6.09 Å². The molecule has 78 valence electrons. The Bertz CT molecular complexity index is 278. The summed E-state index contributed by atoms with van der Waals surface area (Å²) in [5, 5.41) is 0. The van der Waals surface area contributed by atoms with Crippen LogP contribution < -0.4 is 0 Å². The first kappa shape index (κ1) is 9.56. The van der Waals surface area contributed by atoms with Crippen LogP contribution in [0.2, 0.25) is 0 Å². The highest BCUT2D eigenvalue weighted by molar-refractivity contribution is 5.69. The molecule has 0 saturated carbocycles. The van der Waals surface area contributed by atoms with E-state index in [0.29, 0.717) is 5.92 Å². The van der Waals surface area contributed by atoms with Crippen LogP contribution >= 0.6 is 0 Å². The van der Waals surface area contributed by atoms with Crippen LogP contribution in [0, 0.1) is 5.92 Å². The molecular formula is C11H17NO2. The largest absolute Gasteiger partial charge is 0.444 e. The molecule has 0 aromatic rings. The van der Waals surface area contributed by atoms with Crippen LogP contribution in [0.15, 0.2) is 12.2 Å². The Balaban J connectivity index is 1.97. The van der Waals surface area contributed by atoms with Gasteiger partial charge >= 0.3 is 6.09 Å². The highest BCUT2D eigenvalue weighted by Crippen LogP contribution is 2.32. The van der Waals surface area contributed by atoms with Crippen molar-refractivity contribution in [1.29, 1.82) is 0 Å². The van der Waals surface area contributed by atoms with E-state index in [1.54, 1.807) is 0 Å². The van der Waals surface area contributed by atoms with Gasteiger partial charge in [-0.25, -0.2) is 4.79 Å². The second-order valence-corrected chi connectivity index (χ2v) is 5.08. The van der Waals surface area contributed by atoms with E-state index in [2.05, 4.69) is 12.2 Å². The zero-order chi connectivity index (χ0) is 10.3. The Kier molecular flexibility index (Phi) is 2.05. The quantitative estimate of drug-likeness (QED) is 0.554. The van der Waals surface area contributed by atoms with Crippen LogP contribution in [0.4, 0.5) is 4.79 Å². The minimum Gasteiger partial charge on any atom is -0.444 e. The van der Waals surface area contributed by atoms with Gasteiger partial charge in [-0.05, 0) is 33.1 Å². The van der Waals surface area contributed by atoms with Crippen molar-refractivity contribution in [3.8, 4) is 0 Å². The summed E-state index contributed by atoms with van der Waals surface area (Å²) in [4.78, 5) is 13.5. The van der Waals surface area contributed by atoms with Gasteiger partial charge in [0.2, 0.25) is 0 Å². The van der Waals surface area contributed by atoms with E-state index < -0.39 is 0 Å². The molecule has 1 aliphatic heterocycles. The van der Waals surface area contributed by atoms with E-state index in [4.69, 9.17) is 4.74 Å². The third-order valence-corrected chi connectivity index (χ3v) is 2.61. The maximum atomic E-state index is 11.7.